The highest BCUT2D eigenvalue weighted by atomic mass is 35.5. The highest BCUT2D eigenvalue weighted by Gasteiger charge is 2.08. The molecule has 6 heteroatoms. The van der Waals surface area contributed by atoms with E-state index >= 15 is 0 Å². The molecule has 0 saturated heterocycles. The summed E-state index contributed by atoms with van der Waals surface area (Å²) in [5.74, 6) is 0.459. The van der Waals surface area contributed by atoms with Crippen molar-refractivity contribution in [2.45, 2.75) is 19.8 Å². The van der Waals surface area contributed by atoms with Crippen LogP contribution in [0.1, 0.15) is 29.4 Å². The average molecular weight is 319 g/mol. The lowest BCUT2D eigenvalue weighted by Gasteiger charge is -2.07. The molecule has 0 aliphatic rings. The third-order valence-corrected chi connectivity index (χ3v) is 3.28. The molecule has 1 amide bonds. The van der Waals surface area contributed by atoms with Gasteiger partial charge >= 0.3 is 0 Å². The molecule has 0 unspecified atom stereocenters. The number of benzene rings is 1. The number of hydrogen-bond donors (Lipinski definition) is 2. The Balaban J connectivity index is 1.86. The van der Waals surface area contributed by atoms with Crippen LogP contribution in [-0.2, 0) is 6.42 Å². The quantitative estimate of drug-likeness (QED) is 0.823. The van der Waals surface area contributed by atoms with Gasteiger partial charge in [-0.15, -0.1) is 0 Å². The molecule has 0 aliphatic carbocycles. The van der Waals surface area contributed by atoms with Gasteiger partial charge in [-0.1, -0.05) is 30.7 Å². The lowest BCUT2D eigenvalue weighted by atomic mass is 10.1. The van der Waals surface area contributed by atoms with E-state index in [0.29, 0.717) is 23.1 Å². The summed E-state index contributed by atoms with van der Waals surface area (Å²) in [6.07, 6.45) is 3.10. The standard InChI is InChI=1S/C16H19ClN4O/c1-2-7-18-15-10-14(20-11-21-15)16(22)19-8-6-12-4-3-5-13(17)9-12/h3-5,9-11H,2,6-8H2,1H3,(H,19,22)(H,18,20,21). The zero-order valence-electron chi connectivity index (χ0n) is 12.5. The minimum absolute atomic E-state index is 0.205. The minimum atomic E-state index is -0.205. The Kier molecular flexibility index (Phi) is 6.15. The second-order valence-electron chi connectivity index (χ2n) is 4.85. The SMILES string of the molecule is CCCNc1cc(C(=O)NCCc2cccc(Cl)c2)ncn1. The molecule has 5 nitrogen and oxygen atoms in total. The van der Waals surface area contributed by atoms with Crippen molar-refractivity contribution in [2.75, 3.05) is 18.4 Å². The largest absolute Gasteiger partial charge is 0.370 e. The third kappa shape index (κ3) is 5.00. The normalized spacial score (nSPS) is 10.3. The summed E-state index contributed by atoms with van der Waals surface area (Å²) in [5.41, 5.74) is 1.44. The monoisotopic (exact) mass is 318 g/mol. The van der Waals surface area contributed by atoms with Crippen LogP contribution in [0.2, 0.25) is 5.02 Å². The fraction of sp³-hybridized carbons (Fsp3) is 0.312. The Labute approximate surface area is 135 Å². The summed E-state index contributed by atoms with van der Waals surface area (Å²) in [6.45, 7) is 3.41. The molecule has 22 heavy (non-hydrogen) atoms. The molecular weight excluding hydrogens is 300 g/mol. The van der Waals surface area contributed by atoms with E-state index in [4.69, 9.17) is 11.6 Å². The van der Waals surface area contributed by atoms with Gasteiger partial charge in [0.1, 0.15) is 17.8 Å². The second kappa shape index (κ2) is 8.34. The first kappa shape index (κ1) is 16.2. The van der Waals surface area contributed by atoms with Crippen molar-refractivity contribution in [2.24, 2.45) is 0 Å². The summed E-state index contributed by atoms with van der Waals surface area (Å²) in [7, 11) is 0. The van der Waals surface area contributed by atoms with E-state index < -0.39 is 0 Å². The lowest BCUT2D eigenvalue weighted by Crippen LogP contribution is -2.26. The number of carbonyl (C=O) groups excluding carboxylic acids is 1. The predicted octanol–water partition coefficient (Wildman–Crippen LogP) is 2.92. The van der Waals surface area contributed by atoms with Crippen LogP contribution in [0.25, 0.3) is 0 Å². The Hall–Kier alpha value is -2.14. The van der Waals surface area contributed by atoms with Gasteiger partial charge in [0.25, 0.3) is 5.91 Å². The van der Waals surface area contributed by atoms with Crippen molar-refractivity contribution in [3.05, 3.63) is 52.9 Å². The molecule has 0 bridgehead atoms. The Bertz CT molecular complexity index is 633. The van der Waals surface area contributed by atoms with Gasteiger partial charge in [0.05, 0.1) is 0 Å². The molecule has 1 aromatic carbocycles. The predicted molar refractivity (Wildman–Crippen MR) is 88.3 cm³/mol. The number of aromatic nitrogens is 2. The maximum absolute atomic E-state index is 12.1. The van der Waals surface area contributed by atoms with E-state index in [1.54, 1.807) is 6.07 Å². The molecule has 116 valence electrons. The molecule has 2 N–H and O–H groups in total. The molecule has 0 radical (unpaired) electrons. The molecule has 0 atom stereocenters. The maximum Gasteiger partial charge on any atom is 0.270 e. The summed E-state index contributed by atoms with van der Waals surface area (Å²) in [6, 6.07) is 9.26. The number of carbonyl (C=O) groups is 1. The van der Waals surface area contributed by atoms with Crippen LogP contribution >= 0.6 is 11.6 Å². The summed E-state index contributed by atoms with van der Waals surface area (Å²) in [4.78, 5) is 20.2. The first-order valence-electron chi connectivity index (χ1n) is 7.27. The van der Waals surface area contributed by atoms with Crippen molar-refractivity contribution in [3.63, 3.8) is 0 Å². The summed E-state index contributed by atoms with van der Waals surface area (Å²) < 4.78 is 0. The van der Waals surface area contributed by atoms with E-state index in [2.05, 4.69) is 27.5 Å². The van der Waals surface area contributed by atoms with Crippen molar-refractivity contribution in [1.29, 1.82) is 0 Å². The summed E-state index contributed by atoms with van der Waals surface area (Å²) >= 11 is 5.93. The van der Waals surface area contributed by atoms with E-state index in [1.165, 1.54) is 6.33 Å². The lowest BCUT2D eigenvalue weighted by molar-refractivity contribution is 0.0949. The van der Waals surface area contributed by atoms with Crippen LogP contribution in [0, 0.1) is 0 Å². The number of rotatable bonds is 7. The molecule has 0 aliphatic heterocycles. The summed E-state index contributed by atoms with van der Waals surface area (Å²) in [5, 5.41) is 6.68. The third-order valence-electron chi connectivity index (χ3n) is 3.04. The Morgan fingerprint density at radius 1 is 1.23 bits per heavy atom. The van der Waals surface area contributed by atoms with E-state index in [1.807, 2.05) is 24.3 Å². The fourth-order valence-corrected chi connectivity index (χ4v) is 2.15. The van der Waals surface area contributed by atoms with E-state index in [9.17, 15) is 4.79 Å². The molecule has 0 saturated carbocycles. The molecule has 0 fully saturated rings. The number of nitrogens with zero attached hydrogens (tertiary/aromatic N) is 2. The van der Waals surface area contributed by atoms with Gasteiger partial charge in [-0.3, -0.25) is 4.79 Å². The van der Waals surface area contributed by atoms with Crippen LogP contribution in [0.3, 0.4) is 0 Å². The molecule has 2 aromatic rings. The first-order valence-corrected chi connectivity index (χ1v) is 7.65. The van der Waals surface area contributed by atoms with E-state index in [0.717, 1.165) is 24.9 Å². The van der Waals surface area contributed by atoms with Crippen LogP contribution < -0.4 is 10.6 Å². The highest BCUT2D eigenvalue weighted by molar-refractivity contribution is 6.30. The van der Waals surface area contributed by atoms with Crippen molar-refractivity contribution >= 4 is 23.3 Å². The number of amides is 1. The van der Waals surface area contributed by atoms with Gasteiger partial charge < -0.3 is 10.6 Å². The smallest absolute Gasteiger partial charge is 0.270 e. The van der Waals surface area contributed by atoms with Crippen LogP contribution in [0.5, 0.6) is 0 Å². The highest BCUT2D eigenvalue weighted by Crippen LogP contribution is 2.10. The topological polar surface area (TPSA) is 66.9 Å². The first-order chi connectivity index (χ1) is 10.7. The van der Waals surface area contributed by atoms with Gasteiger partial charge in [-0.25, -0.2) is 9.97 Å². The van der Waals surface area contributed by atoms with Crippen LogP contribution in [0.4, 0.5) is 5.82 Å². The van der Waals surface area contributed by atoms with Crippen molar-refractivity contribution in [1.82, 2.24) is 15.3 Å². The minimum Gasteiger partial charge on any atom is -0.370 e. The molecule has 1 aromatic heterocycles. The molecule has 1 heterocycles. The zero-order valence-corrected chi connectivity index (χ0v) is 13.2. The molecule has 0 spiro atoms. The van der Waals surface area contributed by atoms with E-state index in [-0.39, 0.29) is 5.91 Å². The van der Waals surface area contributed by atoms with Gasteiger partial charge in [0, 0.05) is 24.2 Å². The Morgan fingerprint density at radius 2 is 2.09 bits per heavy atom. The number of halogens is 1. The van der Waals surface area contributed by atoms with Crippen molar-refractivity contribution in [3.8, 4) is 0 Å². The average Bonchev–Trinajstić information content (AvgIpc) is 2.53. The Morgan fingerprint density at radius 3 is 2.86 bits per heavy atom. The van der Waals surface area contributed by atoms with Crippen LogP contribution in [0.15, 0.2) is 36.7 Å². The number of nitrogens with one attached hydrogen (secondary N) is 2. The van der Waals surface area contributed by atoms with Gasteiger partial charge in [0.2, 0.25) is 0 Å². The molecule has 2 rings (SSSR count). The second-order valence-corrected chi connectivity index (χ2v) is 5.29. The molecular formula is C16H19ClN4O. The van der Waals surface area contributed by atoms with Gasteiger partial charge in [0.15, 0.2) is 0 Å². The zero-order chi connectivity index (χ0) is 15.8. The van der Waals surface area contributed by atoms with Crippen LogP contribution in [-0.4, -0.2) is 29.0 Å². The number of hydrogen-bond acceptors (Lipinski definition) is 4. The maximum atomic E-state index is 12.1. The van der Waals surface area contributed by atoms with Gasteiger partial charge in [-0.05, 0) is 30.5 Å². The van der Waals surface area contributed by atoms with Crippen molar-refractivity contribution < 1.29 is 4.79 Å². The van der Waals surface area contributed by atoms with Gasteiger partial charge in [-0.2, -0.15) is 0 Å². The number of anilines is 1. The fourth-order valence-electron chi connectivity index (χ4n) is 1.93.